The number of ketones is 1. The van der Waals surface area contributed by atoms with Gasteiger partial charge >= 0.3 is 5.97 Å². The number of benzene rings is 2. The van der Waals surface area contributed by atoms with Gasteiger partial charge in [-0.2, -0.15) is 0 Å². The number of carboxylic acids is 1. The lowest BCUT2D eigenvalue weighted by Gasteiger charge is -2.19. The SMILES string of the molecule is O=C(O)C(=O)c1ccc(-c2ccc3c(c2)N(C2CC2)NC3)cc1. The number of carboxylic acid groups (broad SMARTS) is 1. The minimum absolute atomic E-state index is 0.198. The molecule has 0 aromatic heterocycles. The van der Waals surface area contributed by atoms with Crippen molar-refractivity contribution in [2.75, 3.05) is 5.01 Å². The molecule has 0 atom stereocenters. The smallest absolute Gasteiger partial charge is 0.377 e. The number of carbonyl (C=O) groups excluding carboxylic acids is 1. The van der Waals surface area contributed by atoms with Gasteiger partial charge < -0.3 is 10.1 Å². The number of carbonyl (C=O) groups is 2. The Morgan fingerprint density at radius 1 is 1.04 bits per heavy atom. The first-order valence-corrected chi connectivity index (χ1v) is 7.67. The Morgan fingerprint density at radius 3 is 2.39 bits per heavy atom. The zero-order valence-corrected chi connectivity index (χ0v) is 12.5. The van der Waals surface area contributed by atoms with Crippen LogP contribution in [0.15, 0.2) is 42.5 Å². The van der Waals surface area contributed by atoms with Crippen LogP contribution < -0.4 is 10.4 Å². The minimum Gasteiger partial charge on any atom is -0.475 e. The zero-order chi connectivity index (χ0) is 16.0. The molecule has 4 rings (SSSR count). The molecule has 2 aromatic carbocycles. The number of nitrogens with one attached hydrogen (secondary N) is 1. The van der Waals surface area contributed by atoms with Crippen molar-refractivity contribution in [2.24, 2.45) is 0 Å². The van der Waals surface area contributed by atoms with Gasteiger partial charge in [0.2, 0.25) is 0 Å². The molecular weight excluding hydrogens is 292 g/mol. The standard InChI is InChI=1S/C18H16N2O3/c21-17(18(22)23)12-3-1-11(2-4-12)13-5-6-14-10-19-20(15-7-8-15)16(14)9-13/h1-6,9,15,19H,7-8,10H2,(H,22,23). The number of anilines is 1. The summed E-state index contributed by atoms with van der Waals surface area (Å²) in [7, 11) is 0. The average molecular weight is 308 g/mol. The fraction of sp³-hybridized carbons (Fsp3) is 0.222. The van der Waals surface area contributed by atoms with Crippen molar-refractivity contribution < 1.29 is 14.7 Å². The lowest BCUT2D eigenvalue weighted by atomic mass is 10.0. The van der Waals surface area contributed by atoms with Gasteiger partial charge in [0.25, 0.3) is 5.78 Å². The fourth-order valence-corrected chi connectivity index (χ4v) is 2.97. The number of nitrogens with zero attached hydrogens (tertiary/aromatic N) is 1. The average Bonchev–Trinajstić information content (AvgIpc) is 3.33. The maximum Gasteiger partial charge on any atom is 0.377 e. The summed E-state index contributed by atoms with van der Waals surface area (Å²) in [4.78, 5) is 22.2. The van der Waals surface area contributed by atoms with Crippen LogP contribution in [-0.4, -0.2) is 22.9 Å². The van der Waals surface area contributed by atoms with Gasteiger partial charge in [0.05, 0.1) is 5.69 Å². The molecule has 0 spiro atoms. The number of hydrogen-bond acceptors (Lipinski definition) is 4. The second-order valence-corrected chi connectivity index (χ2v) is 5.99. The van der Waals surface area contributed by atoms with Gasteiger partial charge in [0.1, 0.15) is 0 Å². The maximum atomic E-state index is 11.5. The van der Waals surface area contributed by atoms with Gasteiger partial charge in [0, 0.05) is 18.2 Å². The van der Waals surface area contributed by atoms with Crippen LogP contribution in [0.2, 0.25) is 0 Å². The van der Waals surface area contributed by atoms with Crippen LogP contribution in [0.1, 0.15) is 28.8 Å². The van der Waals surface area contributed by atoms with E-state index in [1.807, 2.05) is 0 Å². The van der Waals surface area contributed by atoms with Gasteiger partial charge in [-0.05, 0) is 35.6 Å². The molecule has 0 amide bonds. The molecule has 0 unspecified atom stereocenters. The van der Waals surface area contributed by atoms with Crippen LogP contribution in [0.25, 0.3) is 11.1 Å². The van der Waals surface area contributed by atoms with Gasteiger partial charge in [-0.1, -0.05) is 36.4 Å². The summed E-state index contributed by atoms with van der Waals surface area (Å²) in [6.07, 6.45) is 2.45. The van der Waals surface area contributed by atoms with Crippen LogP contribution in [0, 0.1) is 0 Å². The van der Waals surface area contributed by atoms with Gasteiger partial charge in [-0.3, -0.25) is 4.79 Å². The molecule has 1 fully saturated rings. The molecule has 23 heavy (non-hydrogen) atoms. The van der Waals surface area contributed by atoms with E-state index in [1.54, 1.807) is 24.3 Å². The third kappa shape index (κ3) is 2.49. The highest BCUT2D eigenvalue weighted by molar-refractivity contribution is 6.39. The lowest BCUT2D eigenvalue weighted by Crippen LogP contribution is -2.33. The summed E-state index contributed by atoms with van der Waals surface area (Å²) >= 11 is 0. The molecule has 1 aliphatic carbocycles. The molecular formula is C18H16N2O3. The number of rotatable bonds is 4. The van der Waals surface area contributed by atoms with Crippen LogP contribution in [-0.2, 0) is 11.3 Å². The number of hydrazine groups is 1. The third-order valence-electron chi connectivity index (χ3n) is 4.37. The molecule has 1 aliphatic heterocycles. The van der Waals surface area contributed by atoms with E-state index in [0.717, 1.165) is 17.7 Å². The van der Waals surface area contributed by atoms with Crippen LogP contribution in [0.5, 0.6) is 0 Å². The molecule has 116 valence electrons. The van der Waals surface area contributed by atoms with E-state index in [4.69, 9.17) is 5.11 Å². The van der Waals surface area contributed by atoms with Gasteiger partial charge in [-0.15, -0.1) is 0 Å². The molecule has 0 radical (unpaired) electrons. The first kappa shape index (κ1) is 14.0. The van der Waals surface area contributed by atoms with Crippen LogP contribution >= 0.6 is 0 Å². The van der Waals surface area contributed by atoms with E-state index in [0.29, 0.717) is 6.04 Å². The number of fused-ring (bicyclic) bond motifs is 1. The monoisotopic (exact) mass is 308 g/mol. The molecule has 5 nitrogen and oxygen atoms in total. The molecule has 1 heterocycles. The number of aliphatic carboxylic acids is 1. The molecule has 0 bridgehead atoms. The molecule has 5 heteroatoms. The van der Waals surface area contributed by atoms with Crippen molar-refractivity contribution in [3.05, 3.63) is 53.6 Å². The van der Waals surface area contributed by atoms with Crippen molar-refractivity contribution in [1.82, 2.24) is 5.43 Å². The van der Waals surface area contributed by atoms with Crippen molar-refractivity contribution in [3.8, 4) is 11.1 Å². The fourth-order valence-electron chi connectivity index (χ4n) is 2.97. The van der Waals surface area contributed by atoms with Crippen molar-refractivity contribution in [1.29, 1.82) is 0 Å². The predicted molar refractivity (Wildman–Crippen MR) is 86.2 cm³/mol. The predicted octanol–water partition coefficient (Wildman–Crippen LogP) is 2.61. The van der Waals surface area contributed by atoms with E-state index in [9.17, 15) is 9.59 Å². The van der Waals surface area contributed by atoms with E-state index >= 15 is 0 Å². The van der Waals surface area contributed by atoms with E-state index in [1.165, 1.54) is 24.1 Å². The molecule has 2 aromatic rings. The van der Waals surface area contributed by atoms with Crippen molar-refractivity contribution in [2.45, 2.75) is 25.4 Å². The minimum atomic E-state index is -1.43. The summed E-state index contributed by atoms with van der Waals surface area (Å²) < 4.78 is 0. The quantitative estimate of drug-likeness (QED) is 0.671. The highest BCUT2D eigenvalue weighted by atomic mass is 16.4. The van der Waals surface area contributed by atoms with Gasteiger partial charge in [0.15, 0.2) is 0 Å². The Bertz CT molecular complexity index is 794. The normalized spacial score (nSPS) is 16.3. The third-order valence-corrected chi connectivity index (χ3v) is 4.37. The van der Waals surface area contributed by atoms with E-state index in [2.05, 4.69) is 28.6 Å². The van der Waals surface area contributed by atoms with Crippen molar-refractivity contribution >= 4 is 17.4 Å². The first-order chi connectivity index (χ1) is 11.1. The second-order valence-electron chi connectivity index (χ2n) is 5.99. The Hall–Kier alpha value is -2.66. The molecule has 0 saturated heterocycles. The number of hydrogen-bond donors (Lipinski definition) is 2. The molecule has 2 aliphatic rings. The Labute approximate surface area is 133 Å². The van der Waals surface area contributed by atoms with Crippen LogP contribution in [0.3, 0.4) is 0 Å². The Morgan fingerprint density at radius 2 is 1.74 bits per heavy atom. The van der Waals surface area contributed by atoms with E-state index in [-0.39, 0.29) is 5.56 Å². The highest BCUT2D eigenvalue weighted by Crippen LogP contribution is 2.37. The van der Waals surface area contributed by atoms with Crippen LogP contribution in [0.4, 0.5) is 5.69 Å². The Balaban J connectivity index is 1.65. The zero-order valence-electron chi connectivity index (χ0n) is 12.5. The highest BCUT2D eigenvalue weighted by Gasteiger charge is 2.33. The molecule has 2 N–H and O–H groups in total. The van der Waals surface area contributed by atoms with E-state index < -0.39 is 11.8 Å². The Kier molecular flexibility index (Phi) is 3.16. The van der Waals surface area contributed by atoms with Gasteiger partial charge in [-0.25, -0.2) is 10.2 Å². The largest absolute Gasteiger partial charge is 0.475 e. The summed E-state index contributed by atoms with van der Waals surface area (Å²) in [6.45, 7) is 0.859. The number of Topliss-reactive ketones (excluding diaryl/α,β-unsaturated/α-hetero) is 1. The lowest BCUT2D eigenvalue weighted by molar-refractivity contribution is -0.131. The first-order valence-electron chi connectivity index (χ1n) is 7.67. The summed E-state index contributed by atoms with van der Waals surface area (Å²) in [5.74, 6) is -2.31. The summed E-state index contributed by atoms with van der Waals surface area (Å²) in [5.41, 5.74) is 8.16. The molecule has 1 saturated carbocycles. The van der Waals surface area contributed by atoms with Crippen molar-refractivity contribution in [3.63, 3.8) is 0 Å². The summed E-state index contributed by atoms with van der Waals surface area (Å²) in [5, 5.41) is 11.0. The summed E-state index contributed by atoms with van der Waals surface area (Å²) in [6, 6.07) is 13.7. The second kappa shape index (κ2) is 5.21. The maximum absolute atomic E-state index is 11.5. The topological polar surface area (TPSA) is 69.6 Å².